The maximum Gasteiger partial charge on any atom is 0.393 e. The Bertz CT molecular complexity index is 888. The van der Waals surface area contributed by atoms with Gasteiger partial charge in [0.1, 0.15) is 5.75 Å². The molecule has 0 saturated carbocycles. The predicted molar refractivity (Wildman–Crippen MR) is 96.5 cm³/mol. The number of phenols is 1. The Balaban J connectivity index is 1.76. The summed E-state index contributed by atoms with van der Waals surface area (Å²) in [7, 11) is 0. The van der Waals surface area contributed by atoms with Crippen molar-refractivity contribution in [3.05, 3.63) is 51.9 Å². The van der Waals surface area contributed by atoms with Crippen LogP contribution in [0.5, 0.6) is 5.75 Å². The number of hydroxylamine groups is 2. The third-order valence-corrected chi connectivity index (χ3v) is 4.87. The fourth-order valence-electron chi connectivity index (χ4n) is 3.29. The van der Waals surface area contributed by atoms with Crippen molar-refractivity contribution in [2.75, 3.05) is 24.6 Å². The first kappa shape index (κ1) is 21.1. The summed E-state index contributed by atoms with van der Waals surface area (Å²) in [6, 6.07) is 6.14. The lowest BCUT2D eigenvalue weighted by Crippen LogP contribution is -2.31. The number of hydrogen-bond donors (Lipinski definition) is 4. The second-order valence-electron chi connectivity index (χ2n) is 6.92. The van der Waals surface area contributed by atoms with Crippen LogP contribution in [0.4, 0.5) is 19.1 Å². The molecule has 2 unspecified atom stereocenters. The quantitative estimate of drug-likeness (QED) is 0.533. The second kappa shape index (κ2) is 8.39. The maximum atomic E-state index is 12.9. The normalized spacial score (nSPS) is 18.4. The Kier molecular flexibility index (Phi) is 6.10. The number of H-pyrrole nitrogens is 1. The molecule has 1 aromatic heterocycles. The first-order valence-corrected chi connectivity index (χ1v) is 8.94. The Morgan fingerprint density at radius 3 is 2.59 bits per heavy atom. The molecule has 0 spiro atoms. The number of aromatic hydroxyl groups is 1. The van der Waals surface area contributed by atoms with E-state index in [9.17, 15) is 33.4 Å². The molecule has 4 N–H and O–H groups in total. The first-order chi connectivity index (χ1) is 13.7. The average molecular weight is 414 g/mol. The van der Waals surface area contributed by atoms with Crippen LogP contribution in [-0.4, -0.2) is 56.3 Å². The van der Waals surface area contributed by atoms with Crippen molar-refractivity contribution < 1.29 is 28.6 Å². The van der Waals surface area contributed by atoms with Crippen LogP contribution >= 0.6 is 0 Å². The lowest BCUT2D eigenvalue weighted by molar-refractivity contribution is -0.168. The van der Waals surface area contributed by atoms with Gasteiger partial charge in [0.25, 0.3) is 5.56 Å². The van der Waals surface area contributed by atoms with E-state index in [4.69, 9.17) is 0 Å². The smallest absolute Gasteiger partial charge is 0.393 e. The maximum absolute atomic E-state index is 12.9. The van der Waals surface area contributed by atoms with Gasteiger partial charge in [-0.05, 0) is 24.1 Å². The highest BCUT2D eigenvalue weighted by Gasteiger charge is 2.44. The number of phenolic OH excluding ortho intramolecular Hbond substituents is 1. The number of nitrogens with zero attached hydrogens (tertiary/aromatic N) is 3. The largest absolute Gasteiger partial charge is 0.508 e. The molecule has 0 aliphatic carbocycles. The van der Waals surface area contributed by atoms with E-state index in [0.717, 1.165) is 11.1 Å². The highest BCUT2D eigenvalue weighted by molar-refractivity contribution is 5.32. The molecule has 2 atom stereocenters. The van der Waals surface area contributed by atoms with Gasteiger partial charge >= 0.3 is 6.18 Å². The van der Waals surface area contributed by atoms with Gasteiger partial charge < -0.3 is 20.3 Å². The summed E-state index contributed by atoms with van der Waals surface area (Å²) >= 11 is 0. The first-order valence-electron chi connectivity index (χ1n) is 8.94. The van der Waals surface area contributed by atoms with E-state index in [1.165, 1.54) is 29.2 Å². The number of aromatic amines is 1. The lowest BCUT2D eigenvalue weighted by atomic mass is 10.1. The molecule has 8 nitrogen and oxygen atoms in total. The molecule has 1 saturated heterocycles. The summed E-state index contributed by atoms with van der Waals surface area (Å²) < 4.78 is 38.7. The molecule has 0 radical (unpaired) electrons. The van der Waals surface area contributed by atoms with Gasteiger partial charge in [-0.1, -0.05) is 12.1 Å². The highest BCUT2D eigenvalue weighted by atomic mass is 19.4. The zero-order valence-electron chi connectivity index (χ0n) is 15.3. The summed E-state index contributed by atoms with van der Waals surface area (Å²) in [6.07, 6.45) is -4.40. The molecular weight excluding hydrogens is 393 g/mol. The molecule has 1 aromatic carbocycles. The van der Waals surface area contributed by atoms with E-state index in [-0.39, 0.29) is 43.4 Å². The molecule has 1 fully saturated rings. The molecular formula is C18H21F3N4O4. The average Bonchev–Trinajstić information content (AvgIpc) is 3.14. The number of benzene rings is 1. The van der Waals surface area contributed by atoms with Crippen molar-refractivity contribution in [2.24, 2.45) is 5.92 Å². The van der Waals surface area contributed by atoms with E-state index in [2.05, 4.69) is 9.97 Å². The number of aliphatic hydroxyl groups excluding tert-OH is 1. The number of aliphatic hydroxyl groups is 1. The molecule has 158 valence electrons. The number of nitrogens with one attached hydrogen (secondary N) is 1. The van der Waals surface area contributed by atoms with Crippen molar-refractivity contribution in [3.8, 4) is 5.75 Å². The summed E-state index contributed by atoms with van der Waals surface area (Å²) in [4.78, 5) is 19.9. The van der Waals surface area contributed by atoms with Crippen molar-refractivity contribution in [1.29, 1.82) is 0 Å². The van der Waals surface area contributed by atoms with Gasteiger partial charge in [-0.2, -0.15) is 18.2 Å². The van der Waals surface area contributed by atoms with E-state index >= 15 is 0 Å². The van der Waals surface area contributed by atoms with Gasteiger partial charge in [0.2, 0.25) is 5.95 Å². The molecule has 11 heteroatoms. The molecule has 29 heavy (non-hydrogen) atoms. The summed E-state index contributed by atoms with van der Waals surface area (Å²) in [5, 5.41) is 30.1. The van der Waals surface area contributed by atoms with Crippen LogP contribution in [0.2, 0.25) is 0 Å². The number of hydrogen-bond acceptors (Lipinski definition) is 7. The van der Waals surface area contributed by atoms with Crippen LogP contribution < -0.4 is 10.5 Å². The monoisotopic (exact) mass is 414 g/mol. The fraction of sp³-hybridized carbons (Fsp3) is 0.444. The third-order valence-electron chi connectivity index (χ3n) is 4.87. The van der Waals surface area contributed by atoms with Gasteiger partial charge in [-0.3, -0.25) is 9.78 Å². The van der Waals surface area contributed by atoms with Crippen LogP contribution in [0.3, 0.4) is 0 Å². The highest BCUT2D eigenvalue weighted by Crippen LogP contribution is 2.34. The van der Waals surface area contributed by atoms with Gasteiger partial charge in [0, 0.05) is 19.2 Å². The fourth-order valence-corrected chi connectivity index (χ4v) is 3.29. The minimum absolute atomic E-state index is 0.0119. The van der Waals surface area contributed by atoms with E-state index in [1.807, 2.05) is 0 Å². The molecule has 1 aliphatic heterocycles. The van der Waals surface area contributed by atoms with Gasteiger partial charge in [0.05, 0.1) is 30.8 Å². The van der Waals surface area contributed by atoms with Crippen LogP contribution in [0.25, 0.3) is 0 Å². The van der Waals surface area contributed by atoms with Crippen molar-refractivity contribution in [3.63, 3.8) is 0 Å². The lowest BCUT2D eigenvalue weighted by Gasteiger charge is -2.25. The topological polar surface area (TPSA) is 113 Å². The minimum atomic E-state index is -4.31. The second-order valence-corrected chi connectivity index (χ2v) is 6.92. The van der Waals surface area contributed by atoms with Crippen molar-refractivity contribution in [2.45, 2.75) is 25.2 Å². The van der Waals surface area contributed by atoms with Crippen LogP contribution in [0.15, 0.2) is 35.1 Å². The summed E-state index contributed by atoms with van der Waals surface area (Å²) in [5.41, 5.74) is 0.100. The zero-order chi connectivity index (χ0) is 21.2. The minimum Gasteiger partial charge on any atom is -0.508 e. The standard InChI is InChI=1S/C18H21F3N4O4/c19-18(20,21)12-5-6-24(8-12)17-22-13(7-16(28)23-17)9-25(29)15(10-26)11-1-3-14(27)4-2-11/h1-4,7,12,15,26-27,29H,5-6,8-10H2,(H,22,23,28). The SMILES string of the molecule is O=c1cc(CN(O)C(CO)c2ccc(O)cc2)nc(N2CCC(C(F)(F)F)C2)[nH]1. The number of rotatable bonds is 6. The van der Waals surface area contributed by atoms with Crippen LogP contribution in [-0.2, 0) is 6.54 Å². The summed E-state index contributed by atoms with van der Waals surface area (Å²) in [5.74, 6) is -1.45. The van der Waals surface area contributed by atoms with E-state index in [1.54, 1.807) is 0 Å². The van der Waals surface area contributed by atoms with E-state index in [0.29, 0.717) is 5.56 Å². The van der Waals surface area contributed by atoms with Crippen molar-refractivity contribution >= 4 is 5.95 Å². The number of alkyl halides is 3. The van der Waals surface area contributed by atoms with Gasteiger partial charge in [0.15, 0.2) is 0 Å². The number of halogens is 3. The number of anilines is 1. The van der Waals surface area contributed by atoms with E-state index < -0.39 is 30.3 Å². The van der Waals surface area contributed by atoms with Crippen LogP contribution in [0, 0.1) is 5.92 Å². The van der Waals surface area contributed by atoms with Gasteiger partial charge in [-0.15, -0.1) is 0 Å². The molecule has 1 aliphatic rings. The van der Waals surface area contributed by atoms with Crippen molar-refractivity contribution in [1.82, 2.24) is 15.0 Å². The Labute approximate surface area is 163 Å². The molecule has 2 aromatic rings. The number of aromatic nitrogens is 2. The molecule has 3 rings (SSSR count). The predicted octanol–water partition coefficient (Wildman–Crippen LogP) is 1.79. The Morgan fingerprint density at radius 2 is 2.00 bits per heavy atom. The molecule has 0 amide bonds. The van der Waals surface area contributed by atoms with Gasteiger partial charge in [-0.25, -0.2) is 4.98 Å². The molecule has 0 bridgehead atoms. The zero-order valence-corrected chi connectivity index (χ0v) is 15.3. The summed E-state index contributed by atoms with van der Waals surface area (Å²) in [6.45, 7) is -0.881. The Morgan fingerprint density at radius 1 is 1.31 bits per heavy atom. The molecule has 2 heterocycles. The Hall–Kier alpha value is -2.63. The van der Waals surface area contributed by atoms with Crippen LogP contribution in [0.1, 0.15) is 23.7 Å². The third kappa shape index (κ3) is 5.05.